The Bertz CT molecular complexity index is 603. The molecule has 1 saturated carbocycles. The van der Waals surface area contributed by atoms with Crippen LogP contribution < -0.4 is 15.8 Å². The lowest BCUT2D eigenvalue weighted by molar-refractivity contribution is -0.274. The van der Waals surface area contributed by atoms with E-state index in [1.807, 2.05) is 0 Å². The van der Waals surface area contributed by atoms with Crippen molar-refractivity contribution >= 4 is 11.6 Å². The Kier molecular flexibility index (Phi) is 4.45. The first kappa shape index (κ1) is 15.9. The first-order valence-corrected chi connectivity index (χ1v) is 6.67. The second-order valence-corrected chi connectivity index (χ2v) is 5.12. The molecule has 0 heterocycles. The number of hydrogen-bond acceptors (Lipinski definition) is 3. The van der Waals surface area contributed by atoms with Crippen molar-refractivity contribution in [2.24, 2.45) is 16.1 Å². The highest BCUT2D eigenvalue weighted by Gasteiger charge is 2.37. The highest BCUT2D eigenvalue weighted by atomic mass is 19.4. The number of nitrogens with two attached hydrogens (primary N) is 1. The van der Waals surface area contributed by atoms with Gasteiger partial charge in [-0.15, -0.1) is 13.2 Å². The summed E-state index contributed by atoms with van der Waals surface area (Å²) in [4.78, 5) is 4.05. The van der Waals surface area contributed by atoms with Gasteiger partial charge in [0.25, 0.3) is 0 Å². The summed E-state index contributed by atoms with van der Waals surface area (Å²) in [6.45, 7) is 0.227. The van der Waals surface area contributed by atoms with Gasteiger partial charge in [0.1, 0.15) is 0 Å². The van der Waals surface area contributed by atoms with Crippen molar-refractivity contribution in [1.29, 1.82) is 5.26 Å². The summed E-state index contributed by atoms with van der Waals surface area (Å²) >= 11 is 0. The van der Waals surface area contributed by atoms with Crippen LogP contribution in [0.1, 0.15) is 19.3 Å². The molecule has 0 spiro atoms. The Morgan fingerprint density at radius 2 is 2.09 bits per heavy atom. The van der Waals surface area contributed by atoms with Gasteiger partial charge in [-0.1, -0.05) is 18.6 Å². The zero-order valence-corrected chi connectivity index (χ0v) is 11.7. The van der Waals surface area contributed by atoms with Crippen LogP contribution in [0.2, 0.25) is 0 Å². The van der Waals surface area contributed by atoms with Crippen molar-refractivity contribution < 1.29 is 17.9 Å². The van der Waals surface area contributed by atoms with E-state index in [1.165, 1.54) is 18.2 Å². The first-order valence-electron chi connectivity index (χ1n) is 6.67. The highest BCUT2D eigenvalue weighted by molar-refractivity contribution is 5.93. The molecule has 3 N–H and O–H groups in total. The fraction of sp³-hybridized carbons (Fsp3) is 0.429. The molecule has 0 bridgehead atoms. The second kappa shape index (κ2) is 6.13. The van der Waals surface area contributed by atoms with E-state index < -0.39 is 17.5 Å². The van der Waals surface area contributed by atoms with Gasteiger partial charge in [0.2, 0.25) is 0 Å². The van der Waals surface area contributed by atoms with E-state index >= 15 is 0 Å². The number of benzene rings is 1. The molecule has 118 valence electrons. The van der Waals surface area contributed by atoms with Crippen molar-refractivity contribution in [3.05, 3.63) is 24.3 Å². The third-order valence-corrected chi connectivity index (χ3v) is 3.48. The number of nitrogens with zero attached hydrogens (tertiary/aromatic N) is 2. The van der Waals surface area contributed by atoms with E-state index in [4.69, 9.17) is 11.0 Å². The van der Waals surface area contributed by atoms with Crippen LogP contribution in [0.15, 0.2) is 29.3 Å². The Morgan fingerprint density at radius 3 is 2.64 bits per heavy atom. The van der Waals surface area contributed by atoms with E-state index in [0.717, 1.165) is 19.3 Å². The Labute approximate surface area is 125 Å². The Hall–Kier alpha value is -2.43. The number of nitriles is 1. The highest BCUT2D eigenvalue weighted by Crippen LogP contribution is 2.40. The number of nitrogens with one attached hydrogen (secondary N) is 1. The van der Waals surface area contributed by atoms with Crippen LogP contribution in [0.3, 0.4) is 0 Å². The van der Waals surface area contributed by atoms with Gasteiger partial charge in [-0.05, 0) is 25.0 Å². The summed E-state index contributed by atoms with van der Waals surface area (Å²) < 4.78 is 40.9. The third-order valence-electron chi connectivity index (χ3n) is 3.48. The lowest BCUT2D eigenvalue weighted by atomic mass is 9.70. The molecule has 0 atom stereocenters. The minimum absolute atomic E-state index is 0.0558. The van der Waals surface area contributed by atoms with Gasteiger partial charge in [-0.2, -0.15) is 5.26 Å². The maximum Gasteiger partial charge on any atom is 0.573 e. The van der Waals surface area contributed by atoms with Crippen LogP contribution in [-0.4, -0.2) is 18.9 Å². The van der Waals surface area contributed by atoms with Crippen LogP contribution in [0.4, 0.5) is 18.9 Å². The minimum Gasteiger partial charge on any atom is -0.404 e. The molecule has 0 aliphatic heterocycles. The van der Waals surface area contributed by atoms with Crippen LogP contribution in [0.25, 0.3) is 0 Å². The van der Waals surface area contributed by atoms with Crippen LogP contribution >= 0.6 is 0 Å². The monoisotopic (exact) mass is 312 g/mol. The number of guanidine groups is 1. The molecule has 2 rings (SSSR count). The number of anilines is 1. The van der Waals surface area contributed by atoms with Gasteiger partial charge in [0.15, 0.2) is 11.7 Å². The lowest BCUT2D eigenvalue weighted by Crippen LogP contribution is -2.33. The van der Waals surface area contributed by atoms with Gasteiger partial charge < -0.3 is 15.8 Å². The number of alkyl halides is 3. The molecule has 0 saturated heterocycles. The molecule has 8 heteroatoms. The summed E-state index contributed by atoms with van der Waals surface area (Å²) in [7, 11) is 0. The maximum absolute atomic E-state index is 12.3. The third kappa shape index (κ3) is 4.04. The molecule has 1 fully saturated rings. The topological polar surface area (TPSA) is 83.4 Å². The van der Waals surface area contributed by atoms with Crippen LogP contribution in [-0.2, 0) is 0 Å². The summed E-state index contributed by atoms with van der Waals surface area (Å²) in [5, 5.41) is 11.7. The van der Waals surface area contributed by atoms with Crippen LogP contribution in [0.5, 0.6) is 5.75 Å². The normalized spacial score (nSPS) is 17.3. The molecular weight excluding hydrogens is 297 g/mol. The number of rotatable bonds is 4. The molecule has 0 amide bonds. The van der Waals surface area contributed by atoms with Gasteiger partial charge in [-0.25, -0.2) is 0 Å². The van der Waals surface area contributed by atoms with Gasteiger partial charge in [0, 0.05) is 0 Å². The number of para-hydroxylation sites is 2. The smallest absolute Gasteiger partial charge is 0.404 e. The van der Waals surface area contributed by atoms with Gasteiger partial charge in [0.05, 0.1) is 23.7 Å². The van der Waals surface area contributed by atoms with E-state index in [1.54, 1.807) is 6.07 Å². The molecule has 1 aromatic rings. The zero-order valence-electron chi connectivity index (χ0n) is 11.7. The average molecular weight is 312 g/mol. The summed E-state index contributed by atoms with van der Waals surface area (Å²) in [5.74, 6) is -0.452. The molecule has 22 heavy (non-hydrogen) atoms. The lowest BCUT2D eigenvalue weighted by Gasteiger charge is -2.33. The fourth-order valence-corrected chi connectivity index (χ4v) is 2.11. The molecule has 1 aromatic carbocycles. The molecule has 1 aliphatic carbocycles. The first-order chi connectivity index (χ1) is 10.3. The van der Waals surface area contributed by atoms with Gasteiger partial charge in [-0.3, -0.25) is 4.99 Å². The molecular formula is C14H15F3N4O. The number of aliphatic imine (C=N–C) groups is 1. The Morgan fingerprint density at radius 1 is 1.41 bits per heavy atom. The molecule has 5 nitrogen and oxygen atoms in total. The standard InChI is InChI=1S/C14H15F3N4O/c15-14(16,17)22-11-5-2-1-4-10(11)21-12(19)20-9-13(8-18)6-3-7-13/h1-2,4-5H,3,6-7,9H2,(H3,19,20,21). The maximum atomic E-state index is 12.3. The van der Waals surface area contributed by atoms with E-state index in [2.05, 4.69) is 21.1 Å². The zero-order chi connectivity index (χ0) is 16.2. The average Bonchev–Trinajstić information content (AvgIpc) is 2.39. The Balaban J connectivity index is 2.05. The predicted octanol–water partition coefficient (Wildman–Crippen LogP) is 3.01. The van der Waals surface area contributed by atoms with E-state index in [-0.39, 0.29) is 18.2 Å². The minimum atomic E-state index is -4.79. The van der Waals surface area contributed by atoms with Crippen molar-refractivity contribution in [3.63, 3.8) is 0 Å². The van der Waals surface area contributed by atoms with Crippen molar-refractivity contribution in [2.75, 3.05) is 11.9 Å². The summed E-state index contributed by atoms with van der Waals surface area (Å²) in [6.07, 6.45) is -2.30. The van der Waals surface area contributed by atoms with E-state index in [0.29, 0.717) is 0 Å². The van der Waals surface area contributed by atoms with Crippen LogP contribution in [0, 0.1) is 16.7 Å². The summed E-state index contributed by atoms with van der Waals surface area (Å²) in [5.41, 5.74) is 5.24. The molecule has 0 unspecified atom stereocenters. The quantitative estimate of drug-likeness (QED) is 0.661. The summed E-state index contributed by atoms with van der Waals surface area (Å²) in [6, 6.07) is 7.74. The largest absolute Gasteiger partial charge is 0.573 e. The van der Waals surface area contributed by atoms with E-state index in [9.17, 15) is 13.2 Å². The van der Waals surface area contributed by atoms with Gasteiger partial charge >= 0.3 is 6.36 Å². The van der Waals surface area contributed by atoms with Crippen molar-refractivity contribution in [3.8, 4) is 11.8 Å². The molecule has 1 aliphatic rings. The SMILES string of the molecule is N#CC1(CN=C(N)Nc2ccccc2OC(F)(F)F)CCC1. The molecule has 0 aromatic heterocycles. The van der Waals surface area contributed by atoms with Crippen molar-refractivity contribution in [1.82, 2.24) is 0 Å². The van der Waals surface area contributed by atoms with Crippen molar-refractivity contribution in [2.45, 2.75) is 25.6 Å². The number of hydrogen-bond donors (Lipinski definition) is 2. The second-order valence-electron chi connectivity index (χ2n) is 5.12. The fourth-order valence-electron chi connectivity index (χ4n) is 2.11. The number of ether oxygens (including phenoxy) is 1. The molecule has 0 radical (unpaired) electrons. The number of halogens is 3. The predicted molar refractivity (Wildman–Crippen MR) is 75.1 cm³/mol.